The highest BCUT2D eigenvalue weighted by molar-refractivity contribution is 5.80. The fourth-order valence-electron chi connectivity index (χ4n) is 3.59. The molecule has 0 aromatic heterocycles. The number of guanidine groups is 1. The van der Waals surface area contributed by atoms with E-state index < -0.39 is 5.60 Å². The Bertz CT molecular complexity index is 865. The Morgan fingerprint density at radius 2 is 1.90 bits per heavy atom. The summed E-state index contributed by atoms with van der Waals surface area (Å²) in [6, 6.07) is 17.8. The first-order chi connectivity index (χ1) is 14.5. The van der Waals surface area contributed by atoms with Crippen LogP contribution < -0.4 is 10.6 Å². The molecule has 1 fully saturated rings. The van der Waals surface area contributed by atoms with Crippen molar-refractivity contribution in [1.82, 2.24) is 15.5 Å². The van der Waals surface area contributed by atoms with Crippen LogP contribution in [-0.4, -0.2) is 41.5 Å². The van der Waals surface area contributed by atoms with Gasteiger partial charge in [-0.3, -0.25) is 4.79 Å². The number of amides is 1. The molecule has 160 valence electrons. The maximum absolute atomic E-state index is 11.9. The molecule has 1 aliphatic rings. The number of aliphatic imine (C=N–C) groups is 1. The van der Waals surface area contributed by atoms with Gasteiger partial charge in [-0.15, -0.1) is 0 Å². The Hall–Kier alpha value is -2.86. The monoisotopic (exact) mass is 408 g/mol. The summed E-state index contributed by atoms with van der Waals surface area (Å²) in [6.45, 7) is 6.91. The van der Waals surface area contributed by atoms with Crippen molar-refractivity contribution >= 4 is 11.9 Å². The fourth-order valence-corrected chi connectivity index (χ4v) is 3.59. The maximum atomic E-state index is 11.9. The molecule has 3 rings (SSSR count). The van der Waals surface area contributed by atoms with Crippen LogP contribution in [0.25, 0.3) is 0 Å². The highest BCUT2D eigenvalue weighted by atomic mass is 16.3. The Balaban J connectivity index is 1.61. The lowest BCUT2D eigenvalue weighted by atomic mass is 9.96. The third kappa shape index (κ3) is 6.07. The first-order valence-electron chi connectivity index (χ1n) is 10.6. The molecule has 1 saturated heterocycles. The van der Waals surface area contributed by atoms with Crippen molar-refractivity contribution in [3.63, 3.8) is 0 Å². The number of nitrogens with one attached hydrogen (secondary N) is 2. The van der Waals surface area contributed by atoms with Crippen LogP contribution >= 0.6 is 0 Å². The van der Waals surface area contributed by atoms with Crippen molar-refractivity contribution in [2.45, 2.75) is 45.4 Å². The summed E-state index contributed by atoms with van der Waals surface area (Å²) < 4.78 is 0. The van der Waals surface area contributed by atoms with E-state index in [0.717, 1.165) is 36.2 Å². The molecule has 2 aromatic carbocycles. The van der Waals surface area contributed by atoms with Gasteiger partial charge >= 0.3 is 0 Å². The Morgan fingerprint density at radius 3 is 2.60 bits per heavy atom. The van der Waals surface area contributed by atoms with Gasteiger partial charge in [0, 0.05) is 26.1 Å². The van der Waals surface area contributed by atoms with E-state index in [4.69, 9.17) is 0 Å². The quantitative estimate of drug-likeness (QED) is 0.464. The SMILES string of the molecule is CCNC(=NCc1cccc(CN2CCCC2=O)c1)NCC(C)(O)c1ccccc1. The zero-order valence-electron chi connectivity index (χ0n) is 17.9. The normalized spacial score (nSPS) is 16.4. The van der Waals surface area contributed by atoms with Gasteiger partial charge in [0.15, 0.2) is 5.96 Å². The van der Waals surface area contributed by atoms with Gasteiger partial charge in [-0.25, -0.2) is 4.99 Å². The average molecular weight is 409 g/mol. The lowest BCUT2D eigenvalue weighted by molar-refractivity contribution is -0.128. The van der Waals surface area contributed by atoms with Crippen LogP contribution in [0.4, 0.5) is 0 Å². The van der Waals surface area contributed by atoms with Crippen molar-refractivity contribution in [2.24, 2.45) is 4.99 Å². The molecule has 0 bridgehead atoms. The summed E-state index contributed by atoms with van der Waals surface area (Å²) in [5, 5.41) is 17.3. The first-order valence-corrected chi connectivity index (χ1v) is 10.6. The lowest BCUT2D eigenvalue weighted by Crippen LogP contribution is -2.44. The molecule has 1 heterocycles. The molecule has 2 aromatic rings. The zero-order chi connectivity index (χ0) is 21.4. The minimum atomic E-state index is -1.00. The largest absolute Gasteiger partial charge is 0.384 e. The van der Waals surface area contributed by atoms with Crippen molar-refractivity contribution in [2.75, 3.05) is 19.6 Å². The van der Waals surface area contributed by atoms with Crippen LogP contribution in [0.15, 0.2) is 59.6 Å². The zero-order valence-corrected chi connectivity index (χ0v) is 17.9. The summed E-state index contributed by atoms with van der Waals surface area (Å²) in [7, 11) is 0. The molecule has 0 aliphatic carbocycles. The van der Waals surface area contributed by atoms with E-state index >= 15 is 0 Å². The summed E-state index contributed by atoms with van der Waals surface area (Å²) in [4.78, 5) is 18.5. The summed E-state index contributed by atoms with van der Waals surface area (Å²) in [6.07, 6.45) is 1.61. The molecular formula is C24H32N4O2. The second-order valence-electron chi connectivity index (χ2n) is 7.93. The van der Waals surface area contributed by atoms with E-state index in [0.29, 0.717) is 32.0 Å². The van der Waals surface area contributed by atoms with Gasteiger partial charge in [-0.1, -0.05) is 54.6 Å². The highest BCUT2D eigenvalue weighted by Gasteiger charge is 2.23. The molecule has 0 spiro atoms. The van der Waals surface area contributed by atoms with Gasteiger partial charge in [-0.2, -0.15) is 0 Å². The van der Waals surface area contributed by atoms with Crippen molar-refractivity contribution in [3.05, 3.63) is 71.3 Å². The van der Waals surface area contributed by atoms with E-state index in [2.05, 4.69) is 27.8 Å². The standard InChI is InChI=1S/C24H32N4O2/c1-3-25-23(27-18-24(2,30)21-11-5-4-6-12-21)26-16-19-9-7-10-20(15-19)17-28-14-8-13-22(28)29/h4-7,9-12,15,30H,3,8,13-14,16-18H2,1-2H3,(H2,25,26,27). The Morgan fingerprint density at radius 1 is 1.13 bits per heavy atom. The predicted octanol–water partition coefficient (Wildman–Crippen LogP) is 2.77. The van der Waals surface area contributed by atoms with Gasteiger partial charge in [0.25, 0.3) is 0 Å². The minimum Gasteiger partial charge on any atom is -0.384 e. The van der Waals surface area contributed by atoms with E-state index in [9.17, 15) is 9.90 Å². The third-order valence-electron chi connectivity index (χ3n) is 5.30. The molecule has 6 heteroatoms. The molecule has 0 radical (unpaired) electrons. The van der Waals surface area contributed by atoms with Gasteiger partial charge in [-0.05, 0) is 37.0 Å². The Kier molecular flexibility index (Phi) is 7.46. The van der Waals surface area contributed by atoms with E-state index in [1.807, 2.05) is 54.3 Å². The number of nitrogens with zero attached hydrogens (tertiary/aromatic N) is 2. The van der Waals surface area contributed by atoms with Crippen LogP contribution in [0.3, 0.4) is 0 Å². The van der Waals surface area contributed by atoms with Gasteiger partial charge in [0.05, 0.1) is 13.1 Å². The average Bonchev–Trinajstić information content (AvgIpc) is 3.15. The van der Waals surface area contributed by atoms with Gasteiger partial charge in [0.2, 0.25) is 5.91 Å². The van der Waals surface area contributed by atoms with Crippen molar-refractivity contribution < 1.29 is 9.90 Å². The van der Waals surface area contributed by atoms with Crippen LogP contribution in [0, 0.1) is 0 Å². The number of rotatable bonds is 8. The number of hydrogen-bond donors (Lipinski definition) is 3. The second kappa shape index (κ2) is 10.3. The number of hydrogen-bond acceptors (Lipinski definition) is 3. The van der Waals surface area contributed by atoms with Crippen molar-refractivity contribution in [3.8, 4) is 0 Å². The molecule has 3 N–H and O–H groups in total. The number of carbonyl (C=O) groups excluding carboxylic acids is 1. The fraction of sp³-hybridized carbons (Fsp3) is 0.417. The molecule has 1 aliphatic heterocycles. The van der Waals surface area contributed by atoms with E-state index in [-0.39, 0.29) is 5.91 Å². The van der Waals surface area contributed by atoms with E-state index in [1.54, 1.807) is 6.92 Å². The molecule has 1 amide bonds. The molecule has 0 saturated carbocycles. The number of aliphatic hydroxyl groups is 1. The lowest BCUT2D eigenvalue weighted by Gasteiger charge is -2.25. The second-order valence-corrected chi connectivity index (χ2v) is 7.93. The molecule has 1 unspecified atom stereocenters. The first kappa shape index (κ1) is 21.8. The van der Waals surface area contributed by atoms with Gasteiger partial charge in [0.1, 0.15) is 5.60 Å². The smallest absolute Gasteiger partial charge is 0.222 e. The minimum absolute atomic E-state index is 0.238. The maximum Gasteiger partial charge on any atom is 0.222 e. The Labute approximate surface area is 179 Å². The highest BCUT2D eigenvalue weighted by Crippen LogP contribution is 2.19. The van der Waals surface area contributed by atoms with Crippen LogP contribution in [0.5, 0.6) is 0 Å². The summed E-state index contributed by atoms with van der Waals surface area (Å²) >= 11 is 0. The van der Waals surface area contributed by atoms with Crippen LogP contribution in [0.1, 0.15) is 43.4 Å². The number of benzene rings is 2. The van der Waals surface area contributed by atoms with E-state index in [1.165, 1.54) is 0 Å². The van der Waals surface area contributed by atoms with Gasteiger partial charge < -0.3 is 20.6 Å². The number of likely N-dealkylation sites (tertiary alicyclic amines) is 1. The molecule has 6 nitrogen and oxygen atoms in total. The summed E-state index contributed by atoms with van der Waals surface area (Å²) in [5.74, 6) is 0.899. The van der Waals surface area contributed by atoms with Crippen LogP contribution in [0.2, 0.25) is 0 Å². The summed E-state index contributed by atoms with van der Waals surface area (Å²) in [5.41, 5.74) is 2.08. The molecule has 1 atom stereocenters. The predicted molar refractivity (Wildman–Crippen MR) is 120 cm³/mol. The molecular weight excluding hydrogens is 376 g/mol. The van der Waals surface area contributed by atoms with Crippen LogP contribution in [-0.2, 0) is 23.5 Å². The van der Waals surface area contributed by atoms with Crippen molar-refractivity contribution in [1.29, 1.82) is 0 Å². The molecule has 30 heavy (non-hydrogen) atoms. The third-order valence-corrected chi connectivity index (χ3v) is 5.30. The topological polar surface area (TPSA) is 77.0 Å². The number of carbonyl (C=O) groups is 1.